The maximum absolute atomic E-state index is 13.6. The summed E-state index contributed by atoms with van der Waals surface area (Å²) in [6.07, 6.45) is 0. The highest BCUT2D eigenvalue weighted by Crippen LogP contribution is 2.35. The van der Waals surface area contributed by atoms with Gasteiger partial charge in [-0.2, -0.15) is 0 Å². The number of carbonyl (C=O) groups excluding carboxylic acids is 1. The molecule has 4 nitrogen and oxygen atoms in total. The third kappa shape index (κ3) is 6.52. The van der Waals surface area contributed by atoms with E-state index in [2.05, 4.69) is 79.1 Å². The van der Waals surface area contributed by atoms with E-state index < -0.39 is 0 Å². The van der Waals surface area contributed by atoms with Gasteiger partial charge in [0.05, 0.1) is 7.11 Å². The Morgan fingerprint density at radius 3 is 2.43 bits per heavy atom. The second kappa shape index (κ2) is 11.5. The van der Waals surface area contributed by atoms with Gasteiger partial charge in [-0.3, -0.25) is 9.69 Å². The fraction of sp³-hybridized carbons (Fsp3) is 0.387. The molecule has 3 aromatic rings. The Morgan fingerprint density at radius 1 is 1.00 bits per heavy atom. The van der Waals surface area contributed by atoms with Crippen LogP contribution in [-0.2, 0) is 6.54 Å². The number of nitrogens with zero attached hydrogens (tertiary/aromatic N) is 2. The number of ether oxygens (including phenoxy) is 1. The zero-order chi connectivity index (χ0) is 24.8. The second-order valence-corrected chi connectivity index (χ2v) is 10.3. The van der Waals surface area contributed by atoms with E-state index in [9.17, 15) is 4.79 Å². The molecular weight excluding hydrogens is 432 g/mol. The average molecular weight is 471 g/mol. The predicted octanol–water partition coefficient (Wildman–Crippen LogP) is 6.02. The standard InChI is InChI=1S/C31H38N2O2/c1-23(2)18-33(31(34)27-15-13-24(3)14-16-27)21-28-20-32(19-25-9-8-12-29(17-25)35-4)22-30(28)26-10-6-5-7-11-26/h5-17,23,28,30H,18-22H2,1-4H3/t28-,30-/m1/s1. The van der Waals surface area contributed by atoms with Gasteiger partial charge in [-0.05, 0) is 54.2 Å². The monoisotopic (exact) mass is 470 g/mol. The first kappa shape index (κ1) is 25.0. The number of rotatable bonds is 9. The number of likely N-dealkylation sites (tertiary alicyclic amines) is 1. The molecule has 0 saturated carbocycles. The summed E-state index contributed by atoms with van der Waals surface area (Å²) in [4.78, 5) is 18.2. The van der Waals surface area contributed by atoms with Crippen molar-refractivity contribution >= 4 is 5.91 Å². The van der Waals surface area contributed by atoms with Crippen molar-refractivity contribution in [2.45, 2.75) is 33.2 Å². The topological polar surface area (TPSA) is 32.8 Å². The smallest absolute Gasteiger partial charge is 0.253 e. The van der Waals surface area contributed by atoms with E-state index in [-0.39, 0.29) is 5.91 Å². The van der Waals surface area contributed by atoms with E-state index in [1.807, 2.05) is 30.3 Å². The molecule has 0 N–H and O–H groups in total. The first-order valence-corrected chi connectivity index (χ1v) is 12.7. The molecule has 4 rings (SSSR count). The molecule has 35 heavy (non-hydrogen) atoms. The van der Waals surface area contributed by atoms with E-state index in [1.54, 1.807) is 7.11 Å². The number of methoxy groups -OCH3 is 1. The van der Waals surface area contributed by atoms with Crippen LogP contribution >= 0.6 is 0 Å². The highest BCUT2D eigenvalue weighted by molar-refractivity contribution is 5.94. The Kier molecular flexibility index (Phi) is 8.25. The summed E-state index contributed by atoms with van der Waals surface area (Å²) in [7, 11) is 1.71. The molecule has 0 aliphatic carbocycles. The van der Waals surface area contributed by atoms with Crippen LogP contribution in [-0.4, -0.2) is 49.0 Å². The number of hydrogen-bond acceptors (Lipinski definition) is 3. The molecular formula is C31H38N2O2. The number of hydrogen-bond donors (Lipinski definition) is 0. The third-order valence-electron chi connectivity index (χ3n) is 6.91. The lowest BCUT2D eigenvalue weighted by molar-refractivity contribution is 0.0703. The van der Waals surface area contributed by atoms with Crippen LogP contribution in [0.25, 0.3) is 0 Å². The van der Waals surface area contributed by atoms with Crippen molar-refractivity contribution in [2.24, 2.45) is 11.8 Å². The maximum Gasteiger partial charge on any atom is 0.253 e. The van der Waals surface area contributed by atoms with Crippen molar-refractivity contribution in [1.29, 1.82) is 0 Å². The molecule has 1 fully saturated rings. The summed E-state index contributed by atoms with van der Waals surface area (Å²) < 4.78 is 5.43. The maximum atomic E-state index is 13.6. The van der Waals surface area contributed by atoms with Crippen LogP contribution in [0.15, 0.2) is 78.9 Å². The van der Waals surface area contributed by atoms with Gasteiger partial charge in [0.2, 0.25) is 0 Å². The minimum absolute atomic E-state index is 0.136. The van der Waals surface area contributed by atoms with Crippen LogP contribution in [0.1, 0.15) is 46.8 Å². The van der Waals surface area contributed by atoms with Gasteiger partial charge in [0.25, 0.3) is 5.91 Å². The molecule has 0 unspecified atom stereocenters. The predicted molar refractivity (Wildman–Crippen MR) is 143 cm³/mol. The van der Waals surface area contributed by atoms with Crippen molar-refractivity contribution in [1.82, 2.24) is 9.80 Å². The molecule has 1 aliphatic rings. The zero-order valence-corrected chi connectivity index (χ0v) is 21.5. The molecule has 3 aromatic carbocycles. The van der Waals surface area contributed by atoms with Crippen LogP contribution in [0.2, 0.25) is 0 Å². The summed E-state index contributed by atoms with van der Waals surface area (Å²) >= 11 is 0. The van der Waals surface area contributed by atoms with E-state index in [4.69, 9.17) is 4.74 Å². The summed E-state index contributed by atoms with van der Waals surface area (Å²) in [6.45, 7) is 10.8. The van der Waals surface area contributed by atoms with Gasteiger partial charge in [-0.15, -0.1) is 0 Å². The van der Waals surface area contributed by atoms with Crippen molar-refractivity contribution < 1.29 is 9.53 Å². The van der Waals surface area contributed by atoms with E-state index in [1.165, 1.54) is 16.7 Å². The Balaban J connectivity index is 1.56. The number of amides is 1. The molecule has 0 aromatic heterocycles. The molecule has 184 valence electrons. The zero-order valence-electron chi connectivity index (χ0n) is 21.5. The van der Waals surface area contributed by atoms with Crippen molar-refractivity contribution in [3.8, 4) is 5.75 Å². The summed E-state index contributed by atoms with van der Waals surface area (Å²) in [5, 5.41) is 0. The summed E-state index contributed by atoms with van der Waals surface area (Å²) in [5.41, 5.74) is 4.56. The lowest BCUT2D eigenvalue weighted by Gasteiger charge is -2.30. The lowest BCUT2D eigenvalue weighted by atomic mass is 9.88. The van der Waals surface area contributed by atoms with Gasteiger partial charge in [0, 0.05) is 44.2 Å². The normalized spacial score (nSPS) is 18.1. The quantitative estimate of drug-likeness (QED) is 0.383. The minimum atomic E-state index is 0.136. The van der Waals surface area contributed by atoms with Crippen LogP contribution in [0.3, 0.4) is 0 Å². The third-order valence-corrected chi connectivity index (χ3v) is 6.91. The Morgan fingerprint density at radius 2 is 1.74 bits per heavy atom. The van der Waals surface area contributed by atoms with Crippen molar-refractivity contribution in [3.63, 3.8) is 0 Å². The van der Waals surface area contributed by atoms with Crippen LogP contribution in [0, 0.1) is 18.8 Å². The molecule has 4 heteroatoms. The van der Waals surface area contributed by atoms with Crippen LogP contribution in [0.5, 0.6) is 5.75 Å². The van der Waals surface area contributed by atoms with Crippen molar-refractivity contribution in [2.75, 3.05) is 33.3 Å². The van der Waals surface area contributed by atoms with Gasteiger partial charge in [0.15, 0.2) is 0 Å². The van der Waals surface area contributed by atoms with Crippen LogP contribution in [0.4, 0.5) is 0 Å². The fourth-order valence-electron chi connectivity index (χ4n) is 5.22. The molecule has 0 spiro atoms. The molecule has 1 aliphatic heterocycles. The van der Waals surface area contributed by atoms with Gasteiger partial charge >= 0.3 is 0 Å². The molecule has 1 saturated heterocycles. The van der Waals surface area contributed by atoms with Gasteiger partial charge in [-0.25, -0.2) is 0 Å². The molecule has 1 amide bonds. The molecule has 1 heterocycles. The van der Waals surface area contributed by atoms with Gasteiger partial charge < -0.3 is 9.64 Å². The highest BCUT2D eigenvalue weighted by atomic mass is 16.5. The highest BCUT2D eigenvalue weighted by Gasteiger charge is 2.36. The first-order chi connectivity index (χ1) is 16.9. The van der Waals surface area contributed by atoms with E-state index in [0.29, 0.717) is 17.8 Å². The summed E-state index contributed by atoms with van der Waals surface area (Å²) in [5.74, 6) is 2.20. The average Bonchev–Trinajstić information content (AvgIpc) is 3.26. The SMILES string of the molecule is COc1cccc(CN2C[C@H](CN(CC(C)C)C(=O)c3ccc(C)cc3)[C@@H](c3ccccc3)C2)c1. The molecule has 0 radical (unpaired) electrons. The summed E-state index contributed by atoms with van der Waals surface area (Å²) in [6, 6.07) is 27.1. The Labute approximate surface area is 210 Å². The second-order valence-electron chi connectivity index (χ2n) is 10.3. The van der Waals surface area contributed by atoms with Gasteiger partial charge in [-0.1, -0.05) is 74.0 Å². The Hall–Kier alpha value is -3.11. The van der Waals surface area contributed by atoms with E-state index >= 15 is 0 Å². The van der Waals surface area contributed by atoms with E-state index in [0.717, 1.165) is 44.0 Å². The number of carbonyl (C=O) groups is 1. The van der Waals surface area contributed by atoms with Crippen molar-refractivity contribution in [3.05, 3.63) is 101 Å². The molecule has 2 atom stereocenters. The largest absolute Gasteiger partial charge is 0.497 e. The lowest BCUT2D eigenvalue weighted by Crippen LogP contribution is -2.39. The first-order valence-electron chi connectivity index (χ1n) is 12.7. The van der Waals surface area contributed by atoms with Gasteiger partial charge in [0.1, 0.15) is 5.75 Å². The minimum Gasteiger partial charge on any atom is -0.497 e. The molecule has 0 bridgehead atoms. The number of aryl methyl sites for hydroxylation is 1. The van der Waals surface area contributed by atoms with Crippen LogP contribution < -0.4 is 4.74 Å². The fourth-order valence-corrected chi connectivity index (χ4v) is 5.22. The number of benzene rings is 3. The Bertz CT molecular complexity index is 1090.